The number of nitrogens with one attached hydrogen (secondary N) is 4. The van der Waals surface area contributed by atoms with Crippen LogP contribution in [0.15, 0.2) is 96.7 Å². The van der Waals surface area contributed by atoms with Crippen LogP contribution in [0.25, 0.3) is 21.8 Å². The summed E-state index contributed by atoms with van der Waals surface area (Å²) in [5.74, 6) is -2.84. The van der Waals surface area contributed by atoms with Crippen LogP contribution in [0.1, 0.15) is 40.6 Å². The van der Waals surface area contributed by atoms with E-state index in [1.54, 1.807) is 25.3 Å². The molecule has 0 fully saturated rings. The number of carbonyl (C=O) groups is 4. The number of Topliss-reactive ketones (excluding diaryl/α,β-unsaturated/α-hetero) is 3. The molecule has 0 spiro atoms. The Morgan fingerprint density at radius 2 is 1.52 bits per heavy atom. The Hall–Kier alpha value is -6.03. The van der Waals surface area contributed by atoms with Crippen LogP contribution in [-0.4, -0.2) is 44.2 Å². The highest BCUT2D eigenvalue weighted by molar-refractivity contribution is 6.54. The summed E-state index contributed by atoms with van der Waals surface area (Å²) in [5, 5.41) is 24.1. The van der Waals surface area contributed by atoms with E-state index in [1.165, 1.54) is 29.0 Å². The normalized spacial score (nSPS) is 14.3. The zero-order valence-electron chi connectivity index (χ0n) is 25.2. The van der Waals surface area contributed by atoms with E-state index in [1.807, 2.05) is 55.5 Å². The molecule has 1 unspecified atom stereocenters. The highest BCUT2D eigenvalue weighted by atomic mass is 16.2. The maximum absolute atomic E-state index is 13.0. The van der Waals surface area contributed by atoms with Crippen molar-refractivity contribution in [2.24, 2.45) is 13.0 Å². The van der Waals surface area contributed by atoms with Crippen LogP contribution < -0.4 is 10.6 Å². The second-order valence-electron chi connectivity index (χ2n) is 11.4. The molecule has 0 saturated carbocycles. The van der Waals surface area contributed by atoms with Gasteiger partial charge in [0.2, 0.25) is 17.3 Å². The van der Waals surface area contributed by atoms with Gasteiger partial charge in [-0.15, -0.1) is 0 Å². The van der Waals surface area contributed by atoms with E-state index in [-0.39, 0.29) is 23.1 Å². The maximum atomic E-state index is 13.0. The van der Waals surface area contributed by atoms with Gasteiger partial charge in [-0.1, -0.05) is 43.3 Å². The third kappa shape index (κ3) is 5.88. The van der Waals surface area contributed by atoms with Crippen molar-refractivity contribution in [1.82, 2.24) is 9.55 Å². The number of hydrogen-bond acceptors (Lipinski definition) is 8. The highest BCUT2D eigenvalue weighted by Crippen LogP contribution is 2.33. The lowest BCUT2D eigenvalue weighted by Crippen LogP contribution is -2.24. The summed E-state index contributed by atoms with van der Waals surface area (Å²) in [6.45, 7) is 1.86. The van der Waals surface area contributed by atoms with Gasteiger partial charge in [0.15, 0.2) is 0 Å². The Morgan fingerprint density at radius 1 is 0.891 bits per heavy atom. The van der Waals surface area contributed by atoms with Gasteiger partial charge in [-0.2, -0.15) is 0 Å². The third-order valence-electron chi connectivity index (χ3n) is 8.01. The molecule has 3 aromatic carbocycles. The van der Waals surface area contributed by atoms with Crippen LogP contribution in [0.2, 0.25) is 0 Å². The Balaban J connectivity index is 1.11. The lowest BCUT2D eigenvalue weighted by molar-refractivity contribution is -0.114. The van der Waals surface area contributed by atoms with Crippen molar-refractivity contribution in [3.8, 4) is 0 Å². The van der Waals surface area contributed by atoms with Gasteiger partial charge >= 0.3 is 0 Å². The summed E-state index contributed by atoms with van der Waals surface area (Å²) in [6.07, 6.45) is 2.91. The van der Waals surface area contributed by atoms with Crippen LogP contribution in [0.5, 0.6) is 0 Å². The van der Waals surface area contributed by atoms with Crippen molar-refractivity contribution in [1.29, 1.82) is 10.8 Å². The highest BCUT2D eigenvalue weighted by Gasteiger charge is 2.26. The fraction of sp³-hybridized carbons (Fsp3) is 0.139. The van der Waals surface area contributed by atoms with Crippen molar-refractivity contribution in [2.75, 3.05) is 10.6 Å². The number of carbonyl (C=O) groups excluding carboxylic acids is 4. The average molecular weight is 611 g/mol. The number of aromatic nitrogens is 2. The maximum Gasteiger partial charge on any atom is 0.251 e. The molecular weight excluding hydrogens is 580 g/mol. The van der Waals surface area contributed by atoms with Gasteiger partial charge in [-0.3, -0.25) is 19.2 Å². The third-order valence-corrected chi connectivity index (χ3v) is 8.01. The monoisotopic (exact) mass is 610 g/mol. The number of rotatable bonds is 10. The van der Waals surface area contributed by atoms with E-state index in [4.69, 9.17) is 15.8 Å². The first-order valence-corrected chi connectivity index (χ1v) is 14.7. The van der Waals surface area contributed by atoms with Gasteiger partial charge in [-0.25, -0.2) is 4.98 Å². The average Bonchev–Trinajstić information content (AvgIpc) is 3.59. The molecule has 0 aliphatic heterocycles. The van der Waals surface area contributed by atoms with Crippen molar-refractivity contribution in [2.45, 2.75) is 19.8 Å². The molecule has 1 aliphatic rings. The molecule has 0 bridgehead atoms. The minimum Gasteiger partial charge on any atom is -0.354 e. The summed E-state index contributed by atoms with van der Waals surface area (Å²) in [5.41, 5.74) is 4.18. The van der Waals surface area contributed by atoms with E-state index in [9.17, 15) is 19.2 Å². The zero-order valence-corrected chi connectivity index (χ0v) is 25.2. The molecule has 0 saturated heterocycles. The Labute approximate surface area is 264 Å². The van der Waals surface area contributed by atoms with Crippen molar-refractivity contribution >= 4 is 73.5 Å². The summed E-state index contributed by atoms with van der Waals surface area (Å²) >= 11 is 0. The number of nitrogens with zero attached hydrogens (tertiary/aromatic N) is 2. The predicted octanol–water partition coefficient (Wildman–Crippen LogP) is 6.44. The first-order valence-electron chi connectivity index (χ1n) is 14.7. The van der Waals surface area contributed by atoms with Crippen molar-refractivity contribution < 1.29 is 19.2 Å². The SMILES string of the molecule is CC1CC(=N)C=C1C(=O)Nc1cc(C(=O)C(=N)CC(=O)C(=O)c2ccc(Nc3c4ccccc4nc4ccccc34)cc2)n(C)c1. The van der Waals surface area contributed by atoms with E-state index in [2.05, 4.69) is 10.6 Å². The summed E-state index contributed by atoms with van der Waals surface area (Å²) in [4.78, 5) is 56.3. The van der Waals surface area contributed by atoms with Crippen LogP contribution in [0.4, 0.5) is 17.1 Å². The molecule has 228 valence electrons. The molecule has 1 amide bonds. The summed E-state index contributed by atoms with van der Waals surface area (Å²) in [7, 11) is 1.59. The topological polar surface area (TPSA) is 158 Å². The van der Waals surface area contributed by atoms with E-state index in [0.29, 0.717) is 29.1 Å². The molecule has 6 rings (SSSR count). The molecule has 4 N–H and O–H groups in total. The lowest BCUT2D eigenvalue weighted by Gasteiger charge is -2.13. The zero-order chi connectivity index (χ0) is 32.5. The molecule has 10 heteroatoms. The minimum atomic E-state index is -0.877. The van der Waals surface area contributed by atoms with Gasteiger partial charge < -0.3 is 26.0 Å². The fourth-order valence-corrected chi connectivity index (χ4v) is 5.64. The molecule has 5 aromatic rings. The number of amides is 1. The second kappa shape index (κ2) is 12.2. The number of allylic oxidation sites excluding steroid dienone is 1. The van der Waals surface area contributed by atoms with E-state index >= 15 is 0 Å². The smallest absolute Gasteiger partial charge is 0.251 e. The summed E-state index contributed by atoms with van der Waals surface area (Å²) in [6, 6.07) is 23.5. The standard InChI is InChI=1S/C36H30N6O4/c1-20-15-22(37)16-27(20)36(46)40-24-17-31(42(2)19-24)35(45)28(38)18-32(43)34(44)21-11-13-23(14-12-21)39-33-25-7-3-5-9-29(25)41-30-10-6-4-8-26(30)33/h3-14,16-17,19-20,37-38H,15,18H2,1-2H3,(H,39,41)(H,40,46). The van der Waals surface area contributed by atoms with Crippen LogP contribution in [-0.2, 0) is 16.6 Å². The fourth-order valence-electron chi connectivity index (χ4n) is 5.64. The molecule has 2 heterocycles. The number of anilines is 3. The van der Waals surface area contributed by atoms with Crippen LogP contribution in [0.3, 0.4) is 0 Å². The summed E-state index contributed by atoms with van der Waals surface area (Å²) < 4.78 is 1.45. The van der Waals surface area contributed by atoms with Gasteiger partial charge in [0.25, 0.3) is 5.91 Å². The molecular formula is C36H30N6O4. The van der Waals surface area contributed by atoms with Gasteiger partial charge in [-0.05, 0) is 60.9 Å². The first-order chi connectivity index (χ1) is 22.1. The molecule has 2 aromatic heterocycles. The number of aryl methyl sites for hydroxylation is 1. The number of para-hydroxylation sites is 2. The molecule has 46 heavy (non-hydrogen) atoms. The minimum absolute atomic E-state index is 0.0800. The lowest BCUT2D eigenvalue weighted by atomic mass is 10.0. The number of benzene rings is 3. The number of ketones is 3. The first kappa shape index (κ1) is 30.0. The molecule has 0 radical (unpaired) electrons. The van der Waals surface area contributed by atoms with E-state index < -0.39 is 29.5 Å². The second-order valence-corrected chi connectivity index (χ2v) is 11.4. The Kier molecular flexibility index (Phi) is 7.94. The van der Waals surface area contributed by atoms with Gasteiger partial charge in [0.05, 0.1) is 40.2 Å². The van der Waals surface area contributed by atoms with Crippen molar-refractivity contribution in [3.63, 3.8) is 0 Å². The van der Waals surface area contributed by atoms with Crippen molar-refractivity contribution in [3.05, 3.63) is 108 Å². The van der Waals surface area contributed by atoms with E-state index in [0.717, 1.165) is 27.5 Å². The van der Waals surface area contributed by atoms with Gasteiger partial charge in [0.1, 0.15) is 0 Å². The molecule has 10 nitrogen and oxygen atoms in total. The van der Waals surface area contributed by atoms with Crippen LogP contribution >= 0.6 is 0 Å². The number of hydrogen-bond donors (Lipinski definition) is 4. The number of fused-ring (bicyclic) bond motifs is 2. The molecule has 1 aliphatic carbocycles. The predicted molar refractivity (Wildman–Crippen MR) is 179 cm³/mol. The Morgan fingerprint density at radius 3 is 2.13 bits per heavy atom. The largest absolute Gasteiger partial charge is 0.354 e. The van der Waals surface area contributed by atoms with Crippen LogP contribution in [0, 0.1) is 16.7 Å². The van der Waals surface area contributed by atoms with Gasteiger partial charge in [0, 0.05) is 46.6 Å². The molecule has 1 atom stereocenters. The Bertz CT molecular complexity index is 2090. The number of pyridine rings is 1. The quantitative estimate of drug-likeness (QED) is 0.0617.